The summed E-state index contributed by atoms with van der Waals surface area (Å²) in [6.07, 6.45) is 16.4. The van der Waals surface area contributed by atoms with E-state index in [2.05, 4.69) is 6.58 Å². The van der Waals surface area contributed by atoms with Gasteiger partial charge in [0, 0.05) is 13.0 Å². The second-order valence-corrected chi connectivity index (χ2v) is 5.94. The highest BCUT2D eigenvalue weighted by atomic mass is 16.5. The zero-order valence-corrected chi connectivity index (χ0v) is 15.4. The van der Waals surface area contributed by atoms with Crippen LogP contribution in [0, 0.1) is 0 Å². The van der Waals surface area contributed by atoms with Crippen molar-refractivity contribution in [1.29, 1.82) is 0 Å². The van der Waals surface area contributed by atoms with Gasteiger partial charge in [0.1, 0.15) is 6.10 Å². The lowest BCUT2D eigenvalue weighted by atomic mass is 10.0. The minimum atomic E-state index is -0.245. The Balaban J connectivity index is 3.35. The molecular formula is C20H34O4. The van der Waals surface area contributed by atoms with Crippen molar-refractivity contribution in [1.82, 2.24) is 0 Å². The third-order valence-electron chi connectivity index (χ3n) is 3.73. The Kier molecular flexibility index (Phi) is 15.2. The number of hydrogen-bond donors (Lipinski definition) is 0. The van der Waals surface area contributed by atoms with E-state index in [0.29, 0.717) is 6.61 Å². The Morgan fingerprint density at radius 2 is 1.58 bits per heavy atom. The maximum Gasteiger partial charge on any atom is 0.330 e. The highest BCUT2D eigenvalue weighted by Gasteiger charge is 2.06. The van der Waals surface area contributed by atoms with E-state index in [9.17, 15) is 9.59 Å². The van der Waals surface area contributed by atoms with Crippen molar-refractivity contribution in [2.45, 2.75) is 84.2 Å². The van der Waals surface area contributed by atoms with Crippen LogP contribution in [0.25, 0.3) is 0 Å². The van der Waals surface area contributed by atoms with Crippen LogP contribution in [0.15, 0.2) is 24.8 Å². The van der Waals surface area contributed by atoms with E-state index in [-0.39, 0.29) is 18.0 Å². The van der Waals surface area contributed by atoms with Crippen molar-refractivity contribution in [3.05, 3.63) is 24.8 Å². The minimum Gasteiger partial charge on any atom is -0.463 e. The fourth-order valence-corrected chi connectivity index (χ4v) is 2.48. The van der Waals surface area contributed by atoms with E-state index in [1.54, 1.807) is 6.08 Å². The molecular weight excluding hydrogens is 304 g/mol. The van der Waals surface area contributed by atoms with Crippen LogP contribution in [0.2, 0.25) is 0 Å². The molecule has 0 saturated heterocycles. The van der Waals surface area contributed by atoms with Crippen LogP contribution in [0.3, 0.4) is 0 Å². The van der Waals surface area contributed by atoms with Crippen molar-refractivity contribution in [3.8, 4) is 0 Å². The second-order valence-electron chi connectivity index (χ2n) is 5.94. The molecule has 0 aromatic rings. The van der Waals surface area contributed by atoms with E-state index < -0.39 is 0 Å². The maximum absolute atomic E-state index is 11.1. The van der Waals surface area contributed by atoms with Gasteiger partial charge in [-0.25, -0.2) is 4.79 Å². The van der Waals surface area contributed by atoms with Gasteiger partial charge in [0.15, 0.2) is 0 Å². The highest BCUT2D eigenvalue weighted by molar-refractivity contribution is 5.81. The number of carbonyl (C=O) groups excluding carboxylic acids is 2. The molecule has 0 fully saturated rings. The zero-order chi connectivity index (χ0) is 18.0. The number of rotatable bonds is 15. The Hall–Kier alpha value is -1.58. The normalized spacial score (nSPS) is 12.1. The Bertz CT molecular complexity index is 374. The SMILES string of the molecule is C=C[C@H](CCCCCCCCCC/C=C/C(=O)OCC)OC(C)=O. The second kappa shape index (κ2) is 16.3. The first-order valence-electron chi connectivity index (χ1n) is 9.23. The number of hydrogen-bond acceptors (Lipinski definition) is 4. The van der Waals surface area contributed by atoms with Gasteiger partial charge in [0.2, 0.25) is 0 Å². The first kappa shape index (κ1) is 22.4. The third-order valence-corrected chi connectivity index (χ3v) is 3.73. The van der Waals surface area contributed by atoms with Crippen LogP contribution in [0.4, 0.5) is 0 Å². The molecule has 0 N–H and O–H groups in total. The topological polar surface area (TPSA) is 52.6 Å². The summed E-state index contributed by atoms with van der Waals surface area (Å²) < 4.78 is 9.95. The largest absolute Gasteiger partial charge is 0.463 e. The zero-order valence-electron chi connectivity index (χ0n) is 15.4. The molecule has 4 nitrogen and oxygen atoms in total. The molecule has 0 aliphatic heterocycles. The monoisotopic (exact) mass is 338 g/mol. The van der Waals surface area contributed by atoms with Crippen LogP contribution in [0.5, 0.6) is 0 Å². The van der Waals surface area contributed by atoms with Crippen molar-refractivity contribution in [2.75, 3.05) is 6.61 Å². The molecule has 1 atom stereocenters. The molecule has 0 aliphatic rings. The van der Waals surface area contributed by atoms with Gasteiger partial charge in [-0.05, 0) is 32.6 Å². The van der Waals surface area contributed by atoms with Gasteiger partial charge in [-0.2, -0.15) is 0 Å². The first-order valence-corrected chi connectivity index (χ1v) is 9.23. The minimum absolute atomic E-state index is 0.134. The summed E-state index contributed by atoms with van der Waals surface area (Å²) in [5.41, 5.74) is 0. The van der Waals surface area contributed by atoms with E-state index >= 15 is 0 Å². The number of carbonyl (C=O) groups is 2. The number of esters is 2. The van der Waals surface area contributed by atoms with Gasteiger partial charge in [-0.15, -0.1) is 0 Å². The number of unbranched alkanes of at least 4 members (excludes halogenated alkanes) is 8. The lowest BCUT2D eigenvalue weighted by Gasteiger charge is -2.12. The van der Waals surface area contributed by atoms with Crippen molar-refractivity contribution >= 4 is 11.9 Å². The number of allylic oxidation sites excluding steroid dienone is 1. The van der Waals surface area contributed by atoms with Crippen LogP contribution in [0.1, 0.15) is 78.1 Å². The predicted molar refractivity (Wildman–Crippen MR) is 97.7 cm³/mol. The summed E-state index contributed by atoms with van der Waals surface area (Å²) >= 11 is 0. The van der Waals surface area contributed by atoms with Crippen LogP contribution < -0.4 is 0 Å². The first-order chi connectivity index (χ1) is 11.6. The molecule has 0 radical (unpaired) electrons. The fourth-order valence-electron chi connectivity index (χ4n) is 2.48. The van der Waals surface area contributed by atoms with Crippen molar-refractivity contribution in [2.24, 2.45) is 0 Å². The summed E-state index contributed by atoms with van der Waals surface area (Å²) in [6.45, 7) is 7.37. The quantitative estimate of drug-likeness (QED) is 0.180. The van der Waals surface area contributed by atoms with E-state index in [1.807, 2.05) is 13.0 Å². The van der Waals surface area contributed by atoms with E-state index in [4.69, 9.17) is 9.47 Å². The molecule has 0 aromatic carbocycles. The van der Waals surface area contributed by atoms with Gasteiger partial charge in [0.05, 0.1) is 6.61 Å². The molecule has 0 aromatic heterocycles. The van der Waals surface area contributed by atoms with Crippen LogP contribution >= 0.6 is 0 Å². The summed E-state index contributed by atoms with van der Waals surface area (Å²) in [5, 5.41) is 0. The summed E-state index contributed by atoms with van der Waals surface area (Å²) in [5.74, 6) is -0.484. The Morgan fingerprint density at radius 1 is 1.00 bits per heavy atom. The molecule has 4 heteroatoms. The van der Waals surface area contributed by atoms with Gasteiger partial charge in [-0.1, -0.05) is 57.3 Å². The molecule has 0 bridgehead atoms. The average Bonchev–Trinajstić information content (AvgIpc) is 2.54. The third kappa shape index (κ3) is 15.3. The molecule has 0 spiro atoms. The molecule has 24 heavy (non-hydrogen) atoms. The molecule has 0 saturated carbocycles. The predicted octanol–water partition coefficient (Wildman–Crippen LogP) is 5.12. The van der Waals surface area contributed by atoms with E-state index in [1.165, 1.54) is 51.5 Å². The molecule has 138 valence electrons. The van der Waals surface area contributed by atoms with Gasteiger partial charge in [-0.3, -0.25) is 4.79 Å². The summed E-state index contributed by atoms with van der Waals surface area (Å²) in [6, 6.07) is 0. The van der Waals surface area contributed by atoms with Crippen LogP contribution in [-0.4, -0.2) is 24.6 Å². The van der Waals surface area contributed by atoms with Crippen LogP contribution in [-0.2, 0) is 19.1 Å². The summed E-state index contributed by atoms with van der Waals surface area (Å²) in [7, 11) is 0. The smallest absolute Gasteiger partial charge is 0.330 e. The van der Waals surface area contributed by atoms with Gasteiger partial charge < -0.3 is 9.47 Å². The fraction of sp³-hybridized carbons (Fsp3) is 0.700. The van der Waals surface area contributed by atoms with Crippen molar-refractivity contribution in [3.63, 3.8) is 0 Å². The lowest BCUT2D eigenvalue weighted by molar-refractivity contribution is -0.144. The van der Waals surface area contributed by atoms with Gasteiger partial charge >= 0.3 is 11.9 Å². The van der Waals surface area contributed by atoms with Crippen molar-refractivity contribution < 1.29 is 19.1 Å². The molecule has 0 heterocycles. The Morgan fingerprint density at radius 3 is 2.12 bits per heavy atom. The molecule has 0 rings (SSSR count). The molecule has 0 unspecified atom stereocenters. The van der Waals surface area contributed by atoms with Gasteiger partial charge in [0.25, 0.3) is 0 Å². The standard InChI is InChI=1S/C20H34O4/c1-4-19(24-18(3)21)16-14-12-10-8-6-7-9-11-13-15-17-20(22)23-5-2/h4,15,17,19H,1,5-14,16H2,2-3H3/b17-15+/t19-/m1/s1. The lowest BCUT2D eigenvalue weighted by Crippen LogP contribution is -2.13. The highest BCUT2D eigenvalue weighted by Crippen LogP contribution is 2.13. The summed E-state index contributed by atoms with van der Waals surface area (Å²) in [4.78, 5) is 22.0. The number of ether oxygens (including phenoxy) is 2. The average molecular weight is 338 g/mol. The maximum atomic E-state index is 11.1. The Labute approximate surface area is 147 Å². The molecule has 0 aliphatic carbocycles. The van der Waals surface area contributed by atoms with E-state index in [0.717, 1.165) is 25.7 Å². The molecule has 0 amide bonds.